The summed E-state index contributed by atoms with van der Waals surface area (Å²) >= 11 is 0. The number of halogens is 1. The Bertz CT molecular complexity index is 1510. The molecule has 3 atom stereocenters. The minimum absolute atomic E-state index is 0.124. The molecule has 1 aliphatic heterocycles. The molecule has 0 spiro atoms. The van der Waals surface area contributed by atoms with E-state index in [0.717, 1.165) is 41.7 Å². The standard InChI is InChI=1S/C29H32FN7O2/c1-2-9-37-24-13-23(22(30)11-20(24)14-32-37)33-29-31-15-25(36-10-5-6-18(16-36)17-38)28(35-29)34-27-21-8-4-3-7-19(21)12-26(27)39/h2-4,7-8,11,13-15,18,26-27,38-39H,1,5-6,9-10,12,16-17H2,(H2,31,33,34,35)/t18-,26+,27?/m0/s1. The first-order chi connectivity index (χ1) is 19.0. The Balaban J connectivity index is 1.36. The predicted molar refractivity (Wildman–Crippen MR) is 150 cm³/mol. The van der Waals surface area contributed by atoms with Gasteiger partial charge >= 0.3 is 0 Å². The van der Waals surface area contributed by atoms with E-state index in [1.165, 1.54) is 6.07 Å². The normalized spacial score (nSPS) is 20.7. The minimum Gasteiger partial charge on any atom is -0.396 e. The van der Waals surface area contributed by atoms with Gasteiger partial charge < -0.3 is 25.7 Å². The molecule has 2 aromatic carbocycles. The molecule has 0 bridgehead atoms. The van der Waals surface area contributed by atoms with Crippen LogP contribution in [0.15, 0.2) is 61.4 Å². The summed E-state index contributed by atoms with van der Waals surface area (Å²) in [6.07, 6.45) is 6.95. The van der Waals surface area contributed by atoms with Crippen molar-refractivity contribution in [3.05, 3.63) is 78.4 Å². The SMILES string of the molecule is C=CCn1ncc2cc(F)c(Nc3ncc(N4CCC[C@H](CO)C4)c(NC4c5ccccc5C[C@H]4O)n3)cc21. The van der Waals surface area contributed by atoms with Crippen molar-refractivity contribution in [2.45, 2.75) is 38.0 Å². The second-order valence-electron chi connectivity index (χ2n) is 10.3. The Morgan fingerprint density at radius 2 is 2.08 bits per heavy atom. The van der Waals surface area contributed by atoms with Crippen molar-refractivity contribution < 1.29 is 14.6 Å². The summed E-state index contributed by atoms with van der Waals surface area (Å²) in [5, 5.41) is 32.2. The first kappa shape index (κ1) is 25.3. The lowest BCUT2D eigenvalue weighted by Crippen LogP contribution is -2.37. The van der Waals surface area contributed by atoms with Crippen molar-refractivity contribution in [2.75, 3.05) is 35.2 Å². The maximum atomic E-state index is 15.0. The molecule has 0 saturated carbocycles. The molecule has 202 valence electrons. The Kier molecular flexibility index (Phi) is 6.88. The van der Waals surface area contributed by atoms with Crippen LogP contribution in [0.5, 0.6) is 0 Å². The minimum atomic E-state index is -0.613. The Morgan fingerprint density at radius 3 is 2.92 bits per heavy atom. The van der Waals surface area contributed by atoms with Gasteiger partial charge in [0, 0.05) is 31.5 Å². The lowest BCUT2D eigenvalue weighted by Gasteiger charge is -2.34. The van der Waals surface area contributed by atoms with E-state index in [4.69, 9.17) is 4.98 Å². The lowest BCUT2D eigenvalue weighted by molar-refractivity contribution is 0.165. The number of anilines is 4. The van der Waals surface area contributed by atoms with Crippen LogP contribution in [0.1, 0.15) is 30.0 Å². The third-order valence-electron chi connectivity index (χ3n) is 7.66. The molecule has 4 N–H and O–H groups in total. The topological polar surface area (TPSA) is 111 Å². The van der Waals surface area contributed by atoms with E-state index in [-0.39, 0.29) is 30.2 Å². The van der Waals surface area contributed by atoms with Crippen LogP contribution in [-0.4, -0.2) is 55.8 Å². The highest BCUT2D eigenvalue weighted by atomic mass is 19.1. The van der Waals surface area contributed by atoms with Gasteiger partial charge in [0.25, 0.3) is 0 Å². The number of nitrogens with one attached hydrogen (secondary N) is 2. The van der Waals surface area contributed by atoms with Gasteiger partial charge in [-0.2, -0.15) is 10.1 Å². The van der Waals surface area contributed by atoms with Gasteiger partial charge in [-0.15, -0.1) is 6.58 Å². The number of hydrogen-bond acceptors (Lipinski definition) is 8. The number of aromatic nitrogens is 4. The molecule has 10 heteroatoms. The maximum Gasteiger partial charge on any atom is 0.229 e. The van der Waals surface area contributed by atoms with E-state index in [2.05, 4.69) is 32.2 Å². The highest BCUT2D eigenvalue weighted by molar-refractivity contribution is 5.83. The smallest absolute Gasteiger partial charge is 0.229 e. The van der Waals surface area contributed by atoms with Crippen LogP contribution in [-0.2, 0) is 13.0 Å². The number of piperidine rings is 1. The van der Waals surface area contributed by atoms with Gasteiger partial charge in [0.15, 0.2) is 5.82 Å². The number of benzene rings is 2. The molecule has 0 amide bonds. The molecule has 1 fully saturated rings. The fourth-order valence-electron chi connectivity index (χ4n) is 5.68. The quantitative estimate of drug-likeness (QED) is 0.252. The van der Waals surface area contributed by atoms with Gasteiger partial charge in [0.2, 0.25) is 5.95 Å². The van der Waals surface area contributed by atoms with E-state index in [0.29, 0.717) is 30.7 Å². The molecule has 4 aromatic rings. The number of hydrogen-bond donors (Lipinski definition) is 4. The molecule has 39 heavy (non-hydrogen) atoms. The lowest BCUT2D eigenvalue weighted by atomic mass is 9.98. The molecule has 1 unspecified atom stereocenters. The predicted octanol–water partition coefficient (Wildman–Crippen LogP) is 4.17. The Hall–Kier alpha value is -4.02. The molecule has 2 aliphatic rings. The van der Waals surface area contributed by atoms with Crippen molar-refractivity contribution in [3.63, 3.8) is 0 Å². The number of allylic oxidation sites excluding steroid dienone is 1. The molecular formula is C29H32FN7O2. The van der Waals surface area contributed by atoms with Crippen LogP contribution in [0.2, 0.25) is 0 Å². The molecule has 2 aromatic heterocycles. The summed E-state index contributed by atoms with van der Waals surface area (Å²) in [6.45, 7) is 5.89. The zero-order valence-corrected chi connectivity index (χ0v) is 21.6. The van der Waals surface area contributed by atoms with Crippen molar-refractivity contribution in [2.24, 2.45) is 5.92 Å². The van der Waals surface area contributed by atoms with Crippen molar-refractivity contribution in [3.8, 4) is 0 Å². The van der Waals surface area contributed by atoms with Gasteiger partial charge in [-0.1, -0.05) is 30.3 Å². The van der Waals surface area contributed by atoms with Gasteiger partial charge in [-0.05, 0) is 42.0 Å². The Morgan fingerprint density at radius 1 is 1.21 bits per heavy atom. The Labute approximate surface area is 226 Å². The van der Waals surface area contributed by atoms with Gasteiger partial charge in [-0.3, -0.25) is 4.68 Å². The highest BCUT2D eigenvalue weighted by Crippen LogP contribution is 2.37. The summed E-state index contributed by atoms with van der Waals surface area (Å²) in [4.78, 5) is 11.5. The molecular weight excluding hydrogens is 497 g/mol. The van der Waals surface area contributed by atoms with Gasteiger partial charge in [0.05, 0.1) is 48.0 Å². The summed E-state index contributed by atoms with van der Waals surface area (Å²) < 4.78 is 16.8. The van der Waals surface area contributed by atoms with E-state index < -0.39 is 11.9 Å². The second kappa shape index (κ2) is 10.6. The van der Waals surface area contributed by atoms with Crippen LogP contribution in [0.3, 0.4) is 0 Å². The zero-order chi connectivity index (χ0) is 26.9. The number of rotatable bonds is 8. The number of aliphatic hydroxyl groups is 2. The average Bonchev–Trinajstić information content (AvgIpc) is 3.48. The van der Waals surface area contributed by atoms with Crippen molar-refractivity contribution in [1.82, 2.24) is 19.7 Å². The third kappa shape index (κ3) is 4.93. The molecule has 0 radical (unpaired) electrons. The molecule has 1 saturated heterocycles. The zero-order valence-electron chi connectivity index (χ0n) is 21.6. The van der Waals surface area contributed by atoms with E-state index in [1.54, 1.807) is 29.2 Å². The molecule has 3 heterocycles. The molecule has 6 rings (SSSR count). The van der Waals surface area contributed by atoms with Crippen molar-refractivity contribution >= 4 is 34.0 Å². The van der Waals surface area contributed by atoms with Crippen molar-refractivity contribution in [1.29, 1.82) is 0 Å². The number of nitrogens with zero attached hydrogens (tertiary/aromatic N) is 5. The second-order valence-corrected chi connectivity index (χ2v) is 10.3. The van der Waals surface area contributed by atoms with Crippen LogP contribution in [0.4, 0.5) is 27.5 Å². The first-order valence-electron chi connectivity index (χ1n) is 13.3. The van der Waals surface area contributed by atoms with Gasteiger partial charge in [0.1, 0.15) is 5.82 Å². The van der Waals surface area contributed by atoms with E-state index >= 15 is 4.39 Å². The number of fused-ring (bicyclic) bond motifs is 2. The van der Waals surface area contributed by atoms with Crippen LogP contribution in [0, 0.1) is 11.7 Å². The summed E-state index contributed by atoms with van der Waals surface area (Å²) in [6, 6.07) is 10.8. The molecule has 9 nitrogen and oxygen atoms in total. The maximum absolute atomic E-state index is 15.0. The van der Waals surface area contributed by atoms with Gasteiger partial charge in [-0.25, -0.2) is 9.37 Å². The largest absolute Gasteiger partial charge is 0.396 e. The van der Waals surface area contributed by atoms with Crippen LogP contribution < -0.4 is 15.5 Å². The van der Waals surface area contributed by atoms with Crippen LogP contribution >= 0.6 is 0 Å². The third-order valence-corrected chi connectivity index (χ3v) is 7.66. The summed E-state index contributed by atoms with van der Waals surface area (Å²) in [5.41, 5.74) is 3.92. The summed E-state index contributed by atoms with van der Waals surface area (Å²) in [7, 11) is 0. The average molecular weight is 530 g/mol. The van der Waals surface area contributed by atoms with E-state index in [1.807, 2.05) is 24.3 Å². The number of aliphatic hydroxyl groups excluding tert-OH is 2. The van der Waals surface area contributed by atoms with Crippen LogP contribution in [0.25, 0.3) is 10.9 Å². The fourth-order valence-corrected chi connectivity index (χ4v) is 5.68. The summed E-state index contributed by atoms with van der Waals surface area (Å²) in [5.74, 6) is 0.504. The highest BCUT2D eigenvalue weighted by Gasteiger charge is 2.32. The first-order valence-corrected chi connectivity index (χ1v) is 13.3. The van der Waals surface area contributed by atoms with E-state index in [9.17, 15) is 10.2 Å². The fraction of sp³-hybridized carbons (Fsp3) is 0.345. The monoisotopic (exact) mass is 529 g/mol. The molecule has 1 aliphatic carbocycles.